The maximum Gasteiger partial charge on any atom is 0.338 e. The minimum atomic E-state index is -0.523. The SMILES string of the molecule is COC(=O)c1ccncc1C(=O)N1CCN(C/C=C/c2ccccc2)CC1. The molecule has 6 nitrogen and oxygen atoms in total. The monoisotopic (exact) mass is 365 g/mol. The fourth-order valence-electron chi connectivity index (χ4n) is 3.06. The Hall–Kier alpha value is -2.99. The van der Waals surface area contributed by atoms with Crippen LogP contribution in [0.5, 0.6) is 0 Å². The Labute approximate surface area is 159 Å². The lowest BCUT2D eigenvalue weighted by Gasteiger charge is -2.34. The highest BCUT2D eigenvalue weighted by atomic mass is 16.5. The molecule has 6 heteroatoms. The van der Waals surface area contributed by atoms with Crippen molar-refractivity contribution in [3.8, 4) is 0 Å². The van der Waals surface area contributed by atoms with Crippen LogP contribution < -0.4 is 0 Å². The van der Waals surface area contributed by atoms with Crippen LogP contribution in [0.25, 0.3) is 6.08 Å². The van der Waals surface area contributed by atoms with Crippen molar-refractivity contribution in [2.75, 3.05) is 39.8 Å². The van der Waals surface area contributed by atoms with E-state index in [4.69, 9.17) is 4.74 Å². The molecule has 1 aromatic heterocycles. The maximum absolute atomic E-state index is 12.8. The molecule has 2 heterocycles. The molecule has 0 saturated carbocycles. The van der Waals surface area contributed by atoms with Crippen molar-refractivity contribution in [2.45, 2.75) is 0 Å². The van der Waals surface area contributed by atoms with Crippen LogP contribution in [0.2, 0.25) is 0 Å². The van der Waals surface area contributed by atoms with Crippen LogP contribution in [-0.2, 0) is 4.74 Å². The first-order valence-corrected chi connectivity index (χ1v) is 8.94. The van der Waals surface area contributed by atoms with Crippen molar-refractivity contribution in [3.05, 3.63) is 71.6 Å². The predicted molar refractivity (Wildman–Crippen MR) is 103 cm³/mol. The Morgan fingerprint density at radius 3 is 2.52 bits per heavy atom. The van der Waals surface area contributed by atoms with Crippen LogP contribution in [-0.4, -0.2) is 66.5 Å². The van der Waals surface area contributed by atoms with E-state index in [0.717, 1.165) is 19.6 Å². The Bertz CT molecular complexity index is 812. The van der Waals surface area contributed by atoms with E-state index in [1.807, 2.05) is 18.2 Å². The fourth-order valence-corrected chi connectivity index (χ4v) is 3.06. The van der Waals surface area contributed by atoms with Gasteiger partial charge in [0.25, 0.3) is 5.91 Å². The van der Waals surface area contributed by atoms with E-state index in [1.165, 1.54) is 31.1 Å². The largest absolute Gasteiger partial charge is 0.465 e. The number of piperazine rings is 1. The average Bonchev–Trinajstić information content (AvgIpc) is 2.74. The van der Waals surface area contributed by atoms with Gasteiger partial charge in [-0.05, 0) is 11.6 Å². The number of ether oxygens (including phenoxy) is 1. The highest BCUT2D eigenvalue weighted by Gasteiger charge is 2.25. The summed E-state index contributed by atoms with van der Waals surface area (Å²) in [4.78, 5) is 32.7. The van der Waals surface area contributed by atoms with Crippen molar-refractivity contribution in [1.29, 1.82) is 0 Å². The van der Waals surface area contributed by atoms with Crippen molar-refractivity contribution in [1.82, 2.24) is 14.8 Å². The minimum absolute atomic E-state index is 0.178. The predicted octanol–water partition coefficient (Wildman–Crippen LogP) is 2.34. The van der Waals surface area contributed by atoms with E-state index in [9.17, 15) is 9.59 Å². The number of methoxy groups -OCH3 is 1. The summed E-state index contributed by atoms with van der Waals surface area (Å²) in [7, 11) is 1.30. The molecule has 0 N–H and O–H groups in total. The van der Waals surface area contributed by atoms with Gasteiger partial charge in [0.2, 0.25) is 0 Å². The molecular weight excluding hydrogens is 342 g/mol. The van der Waals surface area contributed by atoms with Crippen LogP contribution in [0.1, 0.15) is 26.3 Å². The second-order valence-electron chi connectivity index (χ2n) is 6.32. The van der Waals surface area contributed by atoms with E-state index in [2.05, 4.69) is 34.2 Å². The first-order chi connectivity index (χ1) is 13.2. The lowest BCUT2D eigenvalue weighted by Crippen LogP contribution is -2.48. The third kappa shape index (κ3) is 4.80. The third-order valence-corrected chi connectivity index (χ3v) is 4.59. The number of amides is 1. The van der Waals surface area contributed by atoms with Gasteiger partial charge in [0.1, 0.15) is 0 Å². The molecular formula is C21H23N3O3. The quantitative estimate of drug-likeness (QED) is 0.761. The highest BCUT2D eigenvalue weighted by molar-refractivity contribution is 6.05. The number of aromatic nitrogens is 1. The zero-order valence-electron chi connectivity index (χ0n) is 15.4. The first-order valence-electron chi connectivity index (χ1n) is 8.94. The summed E-state index contributed by atoms with van der Waals surface area (Å²) in [5.74, 6) is -0.701. The van der Waals surface area contributed by atoms with Gasteiger partial charge >= 0.3 is 5.97 Å². The fraction of sp³-hybridized carbons (Fsp3) is 0.286. The molecule has 1 aliphatic rings. The second-order valence-corrected chi connectivity index (χ2v) is 6.32. The Morgan fingerprint density at radius 1 is 1.07 bits per heavy atom. The molecule has 27 heavy (non-hydrogen) atoms. The number of carbonyl (C=O) groups excluding carboxylic acids is 2. The molecule has 1 saturated heterocycles. The molecule has 0 radical (unpaired) electrons. The van der Waals surface area contributed by atoms with Crippen molar-refractivity contribution in [3.63, 3.8) is 0 Å². The van der Waals surface area contributed by atoms with Gasteiger partial charge in [0.05, 0.1) is 18.2 Å². The molecule has 0 spiro atoms. The number of esters is 1. The normalized spacial score (nSPS) is 15.1. The molecule has 1 aromatic carbocycles. The lowest BCUT2D eigenvalue weighted by molar-refractivity contribution is 0.0576. The molecule has 140 valence electrons. The number of nitrogens with zero attached hydrogens (tertiary/aromatic N) is 3. The van der Waals surface area contributed by atoms with Crippen LogP contribution >= 0.6 is 0 Å². The Kier molecular flexibility index (Phi) is 6.33. The number of pyridine rings is 1. The number of hydrogen-bond acceptors (Lipinski definition) is 5. The van der Waals surface area contributed by atoms with Crippen molar-refractivity contribution in [2.24, 2.45) is 0 Å². The Morgan fingerprint density at radius 2 is 1.81 bits per heavy atom. The van der Waals surface area contributed by atoms with Gasteiger partial charge in [-0.25, -0.2) is 4.79 Å². The first kappa shape index (κ1) is 18.8. The molecule has 1 amide bonds. The number of carbonyl (C=O) groups is 2. The molecule has 1 fully saturated rings. The number of hydrogen-bond donors (Lipinski definition) is 0. The zero-order valence-corrected chi connectivity index (χ0v) is 15.4. The summed E-state index contributed by atoms with van der Waals surface area (Å²) in [6, 6.07) is 11.7. The van der Waals surface area contributed by atoms with Crippen LogP contribution in [0, 0.1) is 0 Å². The number of benzene rings is 1. The lowest BCUT2D eigenvalue weighted by atomic mass is 10.1. The van der Waals surface area contributed by atoms with Gasteiger partial charge < -0.3 is 9.64 Å². The summed E-state index contributed by atoms with van der Waals surface area (Å²) in [6.07, 6.45) is 7.17. The van der Waals surface area contributed by atoms with Crippen molar-refractivity contribution >= 4 is 18.0 Å². The minimum Gasteiger partial charge on any atom is -0.465 e. The van der Waals surface area contributed by atoms with Crippen LogP contribution in [0.4, 0.5) is 0 Å². The molecule has 1 aliphatic heterocycles. The highest BCUT2D eigenvalue weighted by Crippen LogP contribution is 2.14. The van der Waals surface area contributed by atoms with E-state index < -0.39 is 5.97 Å². The van der Waals surface area contributed by atoms with Crippen molar-refractivity contribution < 1.29 is 14.3 Å². The van der Waals surface area contributed by atoms with E-state index in [-0.39, 0.29) is 11.5 Å². The van der Waals surface area contributed by atoms with Gasteiger partial charge in [0, 0.05) is 45.1 Å². The number of rotatable bonds is 5. The smallest absolute Gasteiger partial charge is 0.338 e. The van der Waals surface area contributed by atoms with Crippen LogP contribution in [0.3, 0.4) is 0 Å². The van der Waals surface area contributed by atoms with Gasteiger partial charge in [-0.1, -0.05) is 42.5 Å². The second kappa shape index (κ2) is 9.09. The molecule has 2 aromatic rings. The Balaban J connectivity index is 1.56. The van der Waals surface area contributed by atoms with Gasteiger partial charge in [-0.2, -0.15) is 0 Å². The molecule has 0 unspecified atom stereocenters. The molecule has 0 aliphatic carbocycles. The summed E-state index contributed by atoms with van der Waals surface area (Å²) in [5, 5.41) is 0. The summed E-state index contributed by atoms with van der Waals surface area (Å²) in [5.41, 5.74) is 1.73. The third-order valence-electron chi connectivity index (χ3n) is 4.59. The summed E-state index contributed by atoms with van der Waals surface area (Å²) in [6.45, 7) is 3.66. The summed E-state index contributed by atoms with van der Waals surface area (Å²) >= 11 is 0. The van der Waals surface area contributed by atoms with Gasteiger partial charge in [-0.3, -0.25) is 14.7 Å². The molecule has 3 rings (SSSR count). The zero-order chi connectivity index (χ0) is 19.1. The topological polar surface area (TPSA) is 62.7 Å². The van der Waals surface area contributed by atoms with E-state index in [1.54, 1.807) is 4.90 Å². The van der Waals surface area contributed by atoms with Gasteiger partial charge in [-0.15, -0.1) is 0 Å². The van der Waals surface area contributed by atoms with E-state index >= 15 is 0 Å². The van der Waals surface area contributed by atoms with E-state index in [0.29, 0.717) is 18.7 Å². The van der Waals surface area contributed by atoms with Gasteiger partial charge in [0.15, 0.2) is 0 Å². The molecule has 0 atom stereocenters. The summed E-state index contributed by atoms with van der Waals surface area (Å²) < 4.78 is 4.76. The van der Waals surface area contributed by atoms with Crippen LogP contribution in [0.15, 0.2) is 54.9 Å². The maximum atomic E-state index is 12.8. The standard InChI is InChI=1S/C21H23N3O3/c1-27-21(26)18-9-10-22-16-19(18)20(25)24-14-12-23(13-15-24)11-5-8-17-6-3-2-4-7-17/h2-10,16H,11-15H2,1H3/b8-5+. The average molecular weight is 365 g/mol. The molecule has 0 bridgehead atoms.